The van der Waals surface area contributed by atoms with E-state index in [1.54, 1.807) is 6.07 Å². The van der Waals surface area contributed by atoms with Gasteiger partial charge in [0.05, 0.1) is 12.6 Å². The molecule has 27 heavy (non-hydrogen) atoms. The summed E-state index contributed by atoms with van der Waals surface area (Å²) in [6, 6.07) is 6.69. The Bertz CT molecular complexity index is 724. The molecule has 2 amide bonds. The SMILES string of the molecule is COCC(=O)N1C[C@H]2CN(CC(=O)NC3CC3)C[C@H]2[C@@H]1c1cccc(F)c1. The van der Waals surface area contributed by atoms with E-state index in [0.29, 0.717) is 19.1 Å². The van der Waals surface area contributed by atoms with Crippen molar-refractivity contribution in [2.24, 2.45) is 11.8 Å². The number of methoxy groups -OCH3 is 1. The van der Waals surface area contributed by atoms with Gasteiger partial charge in [-0.25, -0.2) is 4.39 Å². The lowest BCUT2D eigenvalue weighted by molar-refractivity contribution is -0.137. The van der Waals surface area contributed by atoms with Crippen LogP contribution in [0.2, 0.25) is 0 Å². The van der Waals surface area contributed by atoms with Crippen molar-refractivity contribution in [1.82, 2.24) is 15.1 Å². The first-order valence-corrected chi connectivity index (χ1v) is 9.60. The molecule has 1 N–H and O–H groups in total. The normalized spacial score (nSPS) is 27.6. The Morgan fingerprint density at radius 2 is 2.07 bits per heavy atom. The number of amides is 2. The molecule has 2 saturated heterocycles. The molecule has 0 spiro atoms. The van der Waals surface area contributed by atoms with Gasteiger partial charge in [0.1, 0.15) is 12.4 Å². The largest absolute Gasteiger partial charge is 0.375 e. The fourth-order valence-electron chi connectivity index (χ4n) is 4.55. The van der Waals surface area contributed by atoms with Gasteiger partial charge in [0.25, 0.3) is 0 Å². The molecule has 7 heteroatoms. The van der Waals surface area contributed by atoms with E-state index in [-0.39, 0.29) is 42.1 Å². The summed E-state index contributed by atoms with van der Waals surface area (Å²) in [7, 11) is 1.51. The molecule has 1 aliphatic carbocycles. The highest BCUT2D eigenvalue weighted by Crippen LogP contribution is 2.45. The van der Waals surface area contributed by atoms with Crippen LogP contribution in [0.1, 0.15) is 24.4 Å². The van der Waals surface area contributed by atoms with Crippen molar-refractivity contribution in [1.29, 1.82) is 0 Å². The third kappa shape index (κ3) is 3.99. The molecule has 1 saturated carbocycles. The number of benzene rings is 1. The van der Waals surface area contributed by atoms with Gasteiger partial charge in [0.2, 0.25) is 11.8 Å². The van der Waals surface area contributed by atoms with E-state index in [4.69, 9.17) is 4.74 Å². The molecule has 2 heterocycles. The smallest absolute Gasteiger partial charge is 0.249 e. The number of rotatable bonds is 6. The molecule has 6 nitrogen and oxygen atoms in total. The average Bonchev–Trinajstić information content (AvgIpc) is 3.23. The third-order valence-corrected chi connectivity index (χ3v) is 5.83. The molecule has 2 aliphatic heterocycles. The lowest BCUT2D eigenvalue weighted by atomic mass is 9.89. The van der Waals surface area contributed by atoms with Gasteiger partial charge in [0, 0.05) is 38.7 Å². The molecule has 4 rings (SSSR count). The zero-order valence-corrected chi connectivity index (χ0v) is 15.6. The average molecular weight is 375 g/mol. The second-order valence-electron chi connectivity index (χ2n) is 7.94. The van der Waals surface area contributed by atoms with Gasteiger partial charge in [-0.3, -0.25) is 14.5 Å². The molecule has 3 fully saturated rings. The molecule has 0 radical (unpaired) electrons. The maximum Gasteiger partial charge on any atom is 0.249 e. The van der Waals surface area contributed by atoms with E-state index in [0.717, 1.165) is 31.5 Å². The summed E-state index contributed by atoms with van der Waals surface area (Å²) < 4.78 is 18.9. The Morgan fingerprint density at radius 1 is 1.26 bits per heavy atom. The predicted molar refractivity (Wildman–Crippen MR) is 97.3 cm³/mol. The van der Waals surface area contributed by atoms with Crippen LogP contribution < -0.4 is 5.32 Å². The van der Waals surface area contributed by atoms with Crippen LogP contribution in [0, 0.1) is 17.7 Å². The molecule has 1 aromatic rings. The number of fused-ring (bicyclic) bond motifs is 1. The number of carbonyl (C=O) groups is 2. The van der Waals surface area contributed by atoms with E-state index < -0.39 is 0 Å². The Balaban J connectivity index is 1.49. The fourth-order valence-corrected chi connectivity index (χ4v) is 4.55. The maximum atomic E-state index is 13.8. The van der Waals surface area contributed by atoms with Crippen LogP contribution in [-0.4, -0.2) is 67.6 Å². The van der Waals surface area contributed by atoms with Crippen LogP contribution in [0.15, 0.2) is 24.3 Å². The second kappa shape index (κ2) is 7.56. The summed E-state index contributed by atoms with van der Waals surface area (Å²) in [5.74, 6) is 0.189. The molecule has 0 aromatic heterocycles. The number of nitrogens with one attached hydrogen (secondary N) is 1. The highest BCUT2D eigenvalue weighted by molar-refractivity contribution is 5.79. The van der Waals surface area contributed by atoms with Gasteiger partial charge >= 0.3 is 0 Å². The summed E-state index contributed by atoms with van der Waals surface area (Å²) in [6.07, 6.45) is 2.16. The van der Waals surface area contributed by atoms with Gasteiger partial charge in [-0.05, 0) is 36.5 Å². The summed E-state index contributed by atoms with van der Waals surface area (Å²) in [6.45, 7) is 2.56. The van der Waals surface area contributed by atoms with Crippen molar-refractivity contribution in [2.45, 2.75) is 24.9 Å². The van der Waals surface area contributed by atoms with Crippen molar-refractivity contribution in [2.75, 3.05) is 39.9 Å². The van der Waals surface area contributed by atoms with E-state index in [9.17, 15) is 14.0 Å². The number of carbonyl (C=O) groups excluding carboxylic acids is 2. The summed E-state index contributed by atoms with van der Waals surface area (Å²) in [4.78, 5) is 28.7. The second-order valence-corrected chi connectivity index (χ2v) is 7.94. The first kappa shape index (κ1) is 18.4. The molecule has 146 valence electrons. The number of likely N-dealkylation sites (tertiary alicyclic amines) is 2. The van der Waals surface area contributed by atoms with E-state index in [1.807, 2.05) is 11.0 Å². The molecular formula is C20H26FN3O3. The summed E-state index contributed by atoms with van der Waals surface area (Å²) >= 11 is 0. The zero-order chi connectivity index (χ0) is 19.0. The highest BCUT2D eigenvalue weighted by atomic mass is 19.1. The standard InChI is InChI=1S/C20H26FN3O3/c1-27-12-19(26)24-9-14-8-23(11-18(25)22-16-5-6-16)10-17(14)20(24)13-3-2-4-15(21)7-13/h2-4,7,14,16-17,20H,5-6,8-12H2,1H3,(H,22,25)/t14-,17-,20+/m1/s1. The first-order chi connectivity index (χ1) is 13.0. The molecule has 0 unspecified atom stereocenters. The molecule has 3 atom stereocenters. The highest BCUT2D eigenvalue weighted by Gasteiger charge is 2.49. The van der Waals surface area contributed by atoms with Gasteiger partial charge in [-0.1, -0.05) is 12.1 Å². The van der Waals surface area contributed by atoms with Crippen LogP contribution in [0.5, 0.6) is 0 Å². The minimum Gasteiger partial charge on any atom is -0.375 e. The van der Waals surface area contributed by atoms with E-state index in [2.05, 4.69) is 10.2 Å². The van der Waals surface area contributed by atoms with E-state index >= 15 is 0 Å². The van der Waals surface area contributed by atoms with E-state index in [1.165, 1.54) is 19.2 Å². The van der Waals surface area contributed by atoms with Gasteiger partial charge < -0.3 is 15.0 Å². The van der Waals surface area contributed by atoms with Crippen molar-refractivity contribution < 1.29 is 18.7 Å². The Hall–Kier alpha value is -1.99. The fraction of sp³-hybridized carbons (Fsp3) is 0.600. The van der Waals surface area contributed by atoms with Crippen LogP contribution in [0.4, 0.5) is 4.39 Å². The lowest BCUT2D eigenvalue weighted by Gasteiger charge is -2.29. The van der Waals surface area contributed by atoms with Gasteiger partial charge in [-0.2, -0.15) is 0 Å². The van der Waals surface area contributed by atoms with Gasteiger partial charge in [0.15, 0.2) is 0 Å². The molecule has 3 aliphatic rings. The number of ether oxygens (including phenoxy) is 1. The Morgan fingerprint density at radius 3 is 2.78 bits per heavy atom. The Kier molecular flexibility index (Phi) is 5.14. The van der Waals surface area contributed by atoms with Crippen molar-refractivity contribution in [3.63, 3.8) is 0 Å². The molecular weight excluding hydrogens is 349 g/mol. The van der Waals surface area contributed by atoms with Crippen LogP contribution in [-0.2, 0) is 14.3 Å². The number of hydrogen-bond acceptors (Lipinski definition) is 4. The zero-order valence-electron chi connectivity index (χ0n) is 15.6. The maximum absolute atomic E-state index is 13.8. The predicted octanol–water partition coefficient (Wildman–Crippen LogP) is 1.18. The third-order valence-electron chi connectivity index (χ3n) is 5.83. The monoisotopic (exact) mass is 375 g/mol. The minimum atomic E-state index is -0.297. The summed E-state index contributed by atoms with van der Waals surface area (Å²) in [5, 5.41) is 3.03. The van der Waals surface area contributed by atoms with Crippen LogP contribution in [0.25, 0.3) is 0 Å². The molecule has 1 aromatic carbocycles. The minimum absolute atomic E-state index is 0.0266. The number of hydrogen-bond donors (Lipinski definition) is 1. The quantitative estimate of drug-likeness (QED) is 0.811. The molecule has 0 bridgehead atoms. The summed E-state index contributed by atoms with van der Waals surface area (Å²) in [5.41, 5.74) is 0.816. The van der Waals surface area contributed by atoms with Crippen molar-refractivity contribution in [3.05, 3.63) is 35.6 Å². The van der Waals surface area contributed by atoms with Crippen LogP contribution in [0.3, 0.4) is 0 Å². The van der Waals surface area contributed by atoms with Crippen molar-refractivity contribution in [3.8, 4) is 0 Å². The van der Waals surface area contributed by atoms with Crippen molar-refractivity contribution >= 4 is 11.8 Å². The topological polar surface area (TPSA) is 61.9 Å². The number of halogens is 1. The Labute approximate surface area is 158 Å². The van der Waals surface area contributed by atoms with Crippen LogP contribution >= 0.6 is 0 Å². The van der Waals surface area contributed by atoms with Gasteiger partial charge in [-0.15, -0.1) is 0 Å². The number of nitrogens with zero attached hydrogens (tertiary/aromatic N) is 2. The lowest BCUT2D eigenvalue weighted by Crippen LogP contribution is -2.40. The first-order valence-electron chi connectivity index (χ1n) is 9.60.